The van der Waals surface area contributed by atoms with Gasteiger partial charge in [0.15, 0.2) is 0 Å². The van der Waals surface area contributed by atoms with Gasteiger partial charge in [-0.05, 0) is 37.3 Å². The minimum Gasteiger partial charge on any atom is -0.506 e. The molecule has 2 amide bonds. The molecule has 2 fully saturated rings. The Morgan fingerprint density at radius 1 is 1.11 bits per heavy atom. The molecule has 4 heteroatoms. The highest BCUT2D eigenvalue weighted by Crippen LogP contribution is 2.43. The van der Waals surface area contributed by atoms with Crippen LogP contribution in [0.4, 0.5) is 5.69 Å². The summed E-state index contributed by atoms with van der Waals surface area (Å²) in [6.07, 6.45) is 2.55. The maximum absolute atomic E-state index is 12.4. The van der Waals surface area contributed by atoms with Crippen LogP contribution in [0.1, 0.15) is 26.2 Å². The average molecular weight is 259 g/mol. The van der Waals surface area contributed by atoms with Crippen molar-refractivity contribution in [2.75, 3.05) is 4.90 Å². The van der Waals surface area contributed by atoms with Gasteiger partial charge in [0.1, 0.15) is 5.75 Å². The zero-order chi connectivity index (χ0) is 13.6. The van der Waals surface area contributed by atoms with E-state index in [1.165, 1.54) is 11.0 Å². The van der Waals surface area contributed by atoms with Gasteiger partial charge in [-0.15, -0.1) is 0 Å². The molecule has 1 saturated carbocycles. The Labute approximate surface area is 112 Å². The molecule has 0 aromatic heterocycles. The normalized spacial score (nSPS) is 30.6. The Morgan fingerprint density at radius 3 is 2.53 bits per heavy atom. The summed E-state index contributed by atoms with van der Waals surface area (Å²) in [5, 5.41) is 9.85. The topological polar surface area (TPSA) is 57.6 Å². The first-order valence-electron chi connectivity index (χ1n) is 6.75. The molecule has 0 unspecified atom stereocenters. The Kier molecular flexibility index (Phi) is 2.81. The van der Waals surface area contributed by atoms with E-state index in [0.717, 1.165) is 19.3 Å². The number of carbonyl (C=O) groups is 2. The minimum absolute atomic E-state index is 0.0177. The number of hydrogen-bond donors (Lipinski definition) is 1. The van der Waals surface area contributed by atoms with Crippen LogP contribution in [0.5, 0.6) is 5.75 Å². The van der Waals surface area contributed by atoms with E-state index in [-0.39, 0.29) is 29.4 Å². The second kappa shape index (κ2) is 4.37. The number of para-hydroxylation sites is 2. The fourth-order valence-corrected chi connectivity index (χ4v) is 3.28. The summed E-state index contributed by atoms with van der Waals surface area (Å²) in [7, 11) is 0. The summed E-state index contributed by atoms with van der Waals surface area (Å²) in [5.74, 6) is -0.219. The Hall–Kier alpha value is -1.84. The second-order valence-corrected chi connectivity index (χ2v) is 5.63. The molecule has 1 heterocycles. The molecule has 1 saturated heterocycles. The third kappa shape index (κ3) is 1.82. The summed E-state index contributed by atoms with van der Waals surface area (Å²) >= 11 is 0. The van der Waals surface area contributed by atoms with Crippen molar-refractivity contribution >= 4 is 17.5 Å². The lowest BCUT2D eigenvalue weighted by molar-refractivity contribution is -0.122. The number of anilines is 1. The molecule has 1 aliphatic heterocycles. The first-order valence-corrected chi connectivity index (χ1v) is 6.75. The number of nitrogens with zero attached hydrogens (tertiary/aromatic N) is 1. The quantitative estimate of drug-likeness (QED) is 0.787. The molecule has 2 aliphatic rings. The minimum atomic E-state index is -0.198. The largest absolute Gasteiger partial charge is 0.506 e. The fraction of sp³-hybridized carbons (Fsp3) is 0.467. The van der Waals surface area contributed by atoms with E-state index in [1.54, 1.807) is 18.2 Å². The lowest BCUT2D eigenvalue weighted by Crippen LogP contribution is -2.30. The lowest BCUT2D eigenvalue weighted by Gasteiger charge is -2.25. The van der Waals surface area contributed by atoms with Crippen molar-refractivity contribution in [3.63, 3.8) is 0 Å². The van der Waals surface area contributed by atoms with E-state index in [4.69, 9.17) is 0 Å². The standard InChI is InChI=1S/C15H17NO3/c1-9-6-7-10-11(8-9)15(19)16(14(10)18)12-4-2-3-5-13(12)17/h2-5,9-11,17H,6-8H2,1H3/t9-,10-,11+/m1/s1. The molecule has 3 rings (SSSR count). The van der Waals surface area contributed by atoms with Gasteiger partial charge in [0, 0.05) is 0 Å². The van der Waals surface area contributed by atoms with Crippen LogP contribution in [-0.2, 0) is 9.59 Å². The van der Waals surface area contributed by atoms with Gasteiger partial charge >= 0.3 is 0 Å². The molecule has 3 atom stereocenters. The Balaban J connectivity index is 1.98. The van der Waals surface area contributed by atoms with E-state index in [1.807, 2.05) is 0 Å². The highest BCUT2D eigenvalue weighted by Gasteiger charge is 2.50. The number of aromatic hydroxyl groups is 1. The van der Waals surface area contributed by atoms with Crippen LogP contribution in [0, 0.1) is 17.8 Å². The number of fused-ring (bicyclic) bond motifs is 1. The summed E-state index contributed by atoms with van der Waals surface area (Å²) in [4.78, 5) is 26.0. The third-order valence-electron chi connectivity index (χ3n) is 4.31. The Bertz CT molecular complexity index is 540. The highest BCUT2D eigenvalue weighted by atomic mass is 16.3. The highest BCUT2D eigenvalue weighted by molar-refractivity contribution is 6.22. The molecule has 0 spiro atoms. The molecule has 100 valence electrons. The van der Waals surface area contributed by atoms with Crippen molar-refractivity contribution in [1.82, 2.24) is 0 Å². The second-order valence-electron chi connectivity index (χ2n) is 5.63. The van der Waals surface area contributed by atoms with Gasteiger partial charge < -0.3 is 5.11 Å². The molecule has 1 N–H and O–H groups in total. The van der Waals surface area contributed by atoms with Crippen LogP contribution in [-0.4, -0.2) is 16.9 Å². The number of phenols is 1. The van der Waals surface area contributed by atoms with Crippen molar-refractivity contribution in [2.45, 2.75) is 26.2 Å². The maximum Gasteiger partial charge on any atom is 0.237 e. The van der Waals surface area contributed by atoms with Crippen molar-refractivity contribution in [2.24, 2.45) is 17.8 Å². The first-order chi connectivity index (χ1) is 9.09. The van der Waals surface area contributed by atoms with E-state index >= 15 is 0 Å². The monoisotopic (exact) mass is 259 g/mol. The van der Waals surface area contributed by atoms with Gasteiger partial charge in [-0.3, -0.25) is 9.59 Å². The number of carbonyl (C=O) groups excluding carboxylic acids is 2. The molecule has 1 aromatic rings. The summed E-state index contributed by atoms with van der Waals surface area (Å²) in [5.41, 5.74) is 0.319. The maximum atomic E-state index is 12.4. The number of phenolic OH excluding ortho intramolecular Hbond substituents is 1. The van der Waals surface area contributed by atoms with Gasteiger partial charge in [-0.1, -0.05) is 19.1 Å². The molecule has 0 bridgehead atoms. The van der Waals surface area contributed by atoms with Gasteiger partial charge in [0.2, 0.25) is 11.8 Å². The predicted molar refractivity (Wildman–Crippen MR) is 70.6 cm³/mol. The number of rotatable bonds is 1. The first kappa shape index (κ1) is 12.2. The lowest BCUT2D eigenvalue weighted by atomic mass is 9.76. The number of imide groups is 1. The van der Waals surface area contributed by atoms with Crippen molar-refractivity contribution in [1.29, 1.82) is 0 Å². The summed E-state index contributed by atoms with van der Waals surface area (Å²) in [6, 6.07) is 6.52. The Morgan fingerprint density at radius 2 is 1.79 bits per heavy atom. The number of amides is 2. The van der Waals surface area contributed by atoms with Crippen LogP contribution >= 0.6 is 0 Å². The van der Waals surface area contributed by atoms with Gasteiger partial charge in [-0.25, -0.2) is 4.90 Å². The molecule has 0 radical (unpaired) electrons. The fourth-order valence-electron chi connectivity index (χ4n) is 3.28. The summed E-state index contributed by atoms with van der Waals surface area (Å²) in [6.45, 7) is 2.12. The predicted octanol–water partition coefficient (Wildman–Crippen LogP) is 2.32. The zero-order valence-electron chi connectivity index (χ0n) is 10.9. The molecule has 4 nitrogen and oxygen atoms in total. The molecule has 1 aliphatic carbocycles. The van der Waals surface area contributed by atoms with Gasteiger partial charge in [0.25, 0.3) is 0 Å². The van der Waals surface area contributed by atoms with Crippen LogP contribution < -0.4 is 4.90 Å². The average Bonchev–Trinajstić information content (AvgIpc) is 2.63. The van der Waals surface area contributed by atoms with E-state index in [0.29, 0.717) is 11.6 Å². The molecular formula is C15H17NO3. The van der Waals surface area contributed by atoms with E-state index in [2.05, 4.69) is 6.92 Å². The van der Waals surface area contributed by atoms with Gasteiger partial charge in [-0.2, -0.15) is 0 Å². The zero-order valence-corrected chi connectivity index (χ0v) is 10.9. The number of benzene rings is 1. The van der Waals surface area contributed by atoms with E-state index in [9.17, 15) is 14.7 Å². The summed E-state index contributed by atoms with van der Waals surface area (Å²) < 4.78 is 0. The van der Waals surface area contributed by atoms with Crippen molar-refractivity contribution in [3.8, 4) is 5.75 Å². The number of hydrogen-bond acceptors (Lipinski definition) is 3. The molecule has 19 heavy (non-hydrogen) atoms. The van der Waals surface area contributed by atoms with Crippen LogP contribution in [0.2, 0.25) is 0 Å². The SMILES string of the molecule is C[C@@H]1CC[C@H]2C(=O)N(c3ccccc3O)C(=O)[C@H]2C1. The molecule has 1 aromatic carbocycles. The third-order valence-corrected chi connectivity index (χ3v) is 4.31. The van der Waals surface area contributed by atoms with Crippen molar-refractivity contribution < 1.29 is 14.7 Å². The van der Waals surface area contributed by atoms with Crippen LogP contribution in [0.15, 0.2) is 24.3 Å². The van der Waals surface area contributed by atoms with Crippen LogP contribution in [0.3, 0.4) is 0 Å². The van der Waals surface area contributed by atoms with Crippen molar-refractivity contribution in [3.05, 3.63) is 24.3 Å². The smallest absolute Gasteiger partial charge is 0.237 e. The molecular weight excluding hydrogens is 242 g/mol. The van der Waals surface area contributed by atoms with Crippen LogP contribution in [0.25, 0.3) is 0 Å². The van der Waals surface area contributed by atoms with Gasteiger partial charge in [0.05, 0.1) is 17.5 Å². The van der Waals surface area contributed by atoms with E-state index < -0.39 is 0 Å².